The van der Waals surface area contributed by atoms with E-state index in [0.717, 1.165) is 32.1 Å². The number of nitrogens with one attached hydrogen (secondary N) is 1. The third-order valence-electron chi connectivity index (χ3n) is 5.51. The summed E-state index contributed by atoms with van der Waals surface area (Å²) in [7, 11) is 1.84. The van der Waals surface area contributed by atoms with E-state index in [0.29, 0.717) is 6.61 Å². The fourth-order valence-electron chi connectivity index (χ4n) is 3.84. The molecular formula is C24H29N5O. The first-order chi connectivity index (χ1) is 14.7. The van der Waals surface area contributed by atoms with Gasteiger partial charge < -0.3 is 19.5 Å². The third kappa shape index (κ3) is 4.89. The predicted octanol–water partition coefficient (Wildman–Crippen LogP) is 3.39. The molecule has 1 unspecified atom stereocenters. The molecular weight excluding hydrogens is 374 g/mol. The number of rotatable bonds is 5. The summed E-state index contributed by atoms with van der Waals surface area (Å²) in [5.41, 5.74) is 5.01. The highest BCUT2D eigenvalue weighted by molar-refractivity contribution is 5.80. The standard InChI is InChI=1S/C24H29N5O/c1-19-5-3-4-6-22(19)23-17-29(13-14-30-23)24(25-2)27-15-20-7-9-21(10-8-20)16-28-12-11-26-18-28/h3-12,18,23H,13-17H2,1-2H3,(H,25,27). The van der Waals surface area contributed by atoms with Crippen molar-refractivity contribution in [3.8, 4) is 0 Å². The van der Waals surface area contributed by atoms with E-state index in [4.69, 9.17) is 4.74 Å². The maximum Gasteiger partial charge on any atom is 0.194 e. The van der Waals surface area contributed by atoms with Crippen LogP contribution in [-0.4, -0.2) is 47.2 Å². The zero-order valence-electron chi connectivity index (χ0n) is 17.7. The summed E-state index contributed by atoms with van der Waals surface area (Å²) in [5.74, 6) is 0.916. The highest BCUT2D eigenvalue weighted by Gasteiger charge is 2.25. The largest absolute Gasteiger partial charge is 0.370 e. The van der Waals surface area contributed by atoms with Crippen LogP contribution in [0.5, 0.6) is 0 Å². The lowest BCUT2D eigenvalue weighted by Crippen LogP contribution is -2.48. The Morgan fingerprint density at radius 1 is 1.17 bits per heavy atom. The number of guanidine groups is 1. The molecule has 1 N–H and O–H groups in total. The summed E-state index contributed by atoms with van der Waals surface area (Å²) < 4.78 is 8.13. The molecule has 30 heavy (non-hydrogen) atoms. The molecule has 1 fully saturated rings. The van der Waals surface area contributed by atoms with Gasteiger partial charge in [-0.1, -0.05) is 48.5 Å². The molecule has 1 aromatic heterocycles. The number of hydrogen-bond donors (Lipinski definition) is 1. The van der Waals surface area contributed by atoms with Crippen LogP contribution < -0.4 is 5.32 Å². The van der Waals surface area contributed by atoms with Gasteiger partial charge in [-0.15, -0.1) is 0 Å². The van der Waals surface area contributed by atoms with Crippen LogP contribution in [0.2, 0.25) is 0 Å². The molecule has 1 saturated heterocycles. The fraction of sp³-hybridized carbons (Fsp3) is 0.333. The minimum Gasteiger partial charge on any atom is -0.370 e. The minimum atomic E-state index is 0.0703. The smallest absolute Gasteiger partial charge is 0.194 e. The molecule has 0 amide bonds. The third-order valence-corrected chi connectivity index (χ3v) is 5.51. The molecule has 6 nitrogen and oxygen atoms in total. The molecule has 2 aromatic carbocycles. The number of imidazole rings is 1. The summed E-state index contributed by atoms with van der Waals surface area (Å²) in [6.07, 6.45) is 5.69. The first kappa shape index (κ1) is 20.2. The SMILES string of the molecule is CN=C(NCc1ccc(Cn2ccnc2)cc1)N1CCOC(c2ccccc2C)C1. The van der Waals surface area contributed by atoms with Crippen LogP contribution in [0.15, 0.2) is 72.2 Å². The Labute approximate surface area is 178 Å². The van der Waals surface area contributed by atoms with Crippen molar-refractivity contribution in [1.29, 1.82) is 0 Å². The maximum absolute atomic E-state index is 6.06. The maximum atomic E-state index is 6.06. The van der Waals surface area contributed by atoms with Crippen molar-refractivity contribution in [2.75, 3.05) is 26.7 Å². The number of aryl methyl sites for hydroxylation is 1. The number of aromatic nitrogens is 2. The van der Waals surface area contributed by atoms with Crippen molar-refractivity contribution in [3.63, 3.8) is 0 Å². The van der Waals surface area contributed by atoms with E-state index in [1.807, 2.05) is 19.6 Å². The van der Waals surface area contributed by atoms with Gasteiger partial charge >= 0.3 is 0 Å². The molecule has 0 aliphatic carbocycles. The van der Waals surface area contributed by atoms with Crippen LogP contribution in [0.3, 0.4) is 0 Å². The summed E-state index contributed by atoms with van der Waals surface area (Å²) in [6, 6.07) is 17.1. The molecule has 1 aliphatic rings. The second-order valence-corrected chi connectivity index (χ2v) is 7.61. The molecule has 1 aliphatic heterocycles. The second-order valence-electron chi connectivity index (χ2n) is 7.61. The lowest BCUT2D eigenvalue weighted by Gasteiger charge is -2.35. The molecule has 0 spiro atoms. The van der Waals surface area contributed by atoms with Crippen molar-refractivity contribution in [1.82, 2.24) is 19.8 Å². The Morgan fingerprint density at radius 3 is 2.70 bits per heavy atom. The molecule has 6 heteroatoms. The van der Waals surface area contributed by atoms with E-state index >= 15 is 0 Å². The van der Waals surface area contributed by atoms with Crippen LogP contribution in [-0.2, 0) is 17.8 Å². The van der Waals surface area contributed by atoms with Crippen LogP contribution in [0.25, 0.3) is 0 Å². The molecule has 2 heterocycles. The van der Waals surface area contributed by atoms with Gasteiger partial charge in [0.25, 0.3) is 0 Å². The Hall–Kier alpha value is -3.12. The summed E-state index contributed by atoms with van der Waals surface area (Å²) in [4.78, 5) is 10.9. The van der Waals surface area contributed by atoms with Gasteiger partial charge in [0, 0.05) is 39.1 Å². The van der Waals surface area contributed by atoms with Crippen LogP contribution in [0.4, 0.5) is 0 Å². The predicted molar refractivity (Wildman–Crippen MR) is 119 cm³/mol. The molecule has 1 atom stereocenters. The van der Waals surface area contributed by atoms with Gasteiger partial charge in [0.15, 0.2) is 5.96 Å². The fourth-order valence-corrected chi connectivity index (χ4v) is 3.84. The molecule has 3 aromatic rings. The van der Waals surface area contributed by atoms with Gasteiger partial charge in [0.05, 0.1) is 19.5 Å². The average Bonchev–Trinajstić information content (AvgIpc) is 3.29. The molecule has 0 saturated carbocycles. The topological polar surface area (TPSA) is 54.7 Å². The van der Waals surface area contributed by atoms with Gasteiger partial charge in [-0.25, -0.2) is 4.98 Å². The van der Waals surface area contributed by atoms with Gasteiger partial charge in [-0.05, 0) is 29.2 Å². The lowest BCUT2D eigenvalue weighted by molar-refractivity contribution is -0.00833. The van der Waals surface area contributed by atoms with Crippen molar-refractivity contribution in [2.24, 2.45) is 4.99 Å². The van der Waals surface area contributed by atoms with Crippen molar-refractivity contribution < 1.29 is 4.74 Å². The van der Waals surface area contributed by atoms with Gasteiger partial charge in [0.2, 0.25) is 0 Å². The Bertz CT molecular complexity index is 966. The van der Waals surface area contributed by atoms with Gasteiger partial charge in [-0.3, -0.25) is 4.99 Å². The van der Waals surface area contributed by atoms with Gasteiger partial charge in [-0.2, -0.15) is 0 Å². The molecule has 0 radical (unpaired) electrons. The Morgan fingerprint density at radius 2 is 1.97 bits per heavy atom. The Balaban J connectivity index is 1.34. The Kier molecular flexibility index (Phi) is 6.44. The average molecular weight is 404 g/mol. The van der Waals surface area contributed by atoms with E-state index in [9.17, 15) is 0 Å². The number of morpholine rings is 1. The number of nitrogens with zero attached hydrogens (tertiary/aromatic N) is 4. The van der Waals surface area contributed by atoms with E-state index in [2.05, 4.69) is 80.2 Å². The molecule has 156 valence electrons. The zero-order chi connectivity index (χ0) is 20.8. The van der Waals surface area contributed by atoms with E-state index in [1.165, 1.54) is 22.3 Å². The normalized spacial score (nSPS) is 17.2. The number of hydrogen-bond acceptors (Lipinski definition) is 3. The van der Waals surface area contributed by atoms with Crippen molar-refractivity contribution in [3.05, 3.63) is 89.5 Å². The van der Waals surface area contributed by atoms with E-state index < -0.39 is 0 Å². The quantitative estimate of drug-likeness (QED) is 0.524. The number of benzene rings is 2. The number of aliphatic imine (C=N–C) groups is 1. The van der Waals surface area contributed by atoms with Crippen LogP contribution in [0.1, 0.15) is 28.4 Å². The van der Waals surface area contributed by atoms with Crippen molar-refractivity contribution >= 4 is 5.96 Å². The molecule has 4 rings (SSSR count). The van der Waals surface area contributed by atoms with Crippen LogP contribution >= 0.6 is 0 Å². The second kappa shape index (κ2) is 9.59. The number of ether oxygens (including phenoxy) is 1. The monoisotopic (exact) mass is 403 g/mol. The zero-order valence-corrected chi connectivity index (χ0v) is 17.7. The van der Waals surface area contributed by atoms with Crippen molar-refractivity contribution in [2.45, 2.75) is 26.1 Å². The first-order valence-electron chi connectivity index (χ1n) is 10.4. The lowest BCUT2D eigenvalue weighted by atomic mass is 10.0. The first-order valence-corrected chi connectivity index (χ1v) is 10.4. The van der Waals surface area contributed by atoms with Gasteiger partial charge in [0.1, 0.15) is 6.10 Å². The van der Waals surface area contributed by atoms with E-state index in [1.54, 1.807) is 6.20 Å². The minimum absolute atomic E-state index is 0.0703. The molecule has 0 bridgehead atoms. The summed E-state index contributed by atoms with van der Waals surface area (Å²) in [6.45, 7) is 6.05. The van der Waals surface area contributed by atoms with Crippen LogP contribution in [0, 0.1) is 6.92 Å². The highest BCUT2D eigenvalue weighted by atomic mass is 16.5. The summed E-state index contributed by atoms with van der Waals surface area (Å²) >= 11 is 0. The van der Waals surface area contributed by atoms with E-state index in [-0.39, 0.29) is 6.10 Å². The highest BCUT2D eigenvalue weighted by Crippen LogP contribution is 2.25. The summed E-state index contributed by atoms with van der Waals surface area (Å²) in [5, 5.41) is 3.51.